The van der Waals surface area contributed by atoms with E-state index in [1.165, 1.54) is 31.5 Å². The van der Waals surface area contributed by atoms with Gasteiger partial charge < -0.3 is 15.0 Å². The van der Waals surface area contributed by atoms with Crippen LogP contribution >= 0.6 is 0 Å². The summed E-state index contributed by atoms with van der Waals surface area (Å²) < 4.78 is 1.70. The highest BCUT2D eigenvalue weighted by Gasteiger charge is 2.15. The van der Waals surface area contributed by atoms with Gasteiger partial charge in [-0.25, -0.2) is 9.78 Å². The first-order chi connectivity index (χ1) is 17.5. The summed E-state index contributed by atoms with van der Waals surface area (Å²) in [4.78, 5) is 23.3. The van der Waals surface area contributed by atoms with Crippen molar-refractivity contribution in [1.29, 1.82) is 0 Å². The van der Waals surface area contributed by atoms with Crippen LogP contribution < -0.4 is 5.32 Å². The minimum absolute atomic E-state index is 0.259. The number of anilines is 2. The SMILES string of the molecule is Cn1c(C(=O)O)cc2cc(-c3cc(Nc4ccc(CN5CCCC5)cc4)c4cnccc4n3)ccc21. The average molecular weight is 478 g/mol. The Bertz CT molecular complexity index is 1580. The van der Waals surface area contributed by atoms with E-state index in [0.29, 0.717) is 0 Å². The number of aryl methyl sites for hydroxylation is 1. The van der Waals surface area contributed by atoms with Crippen molar-refractivity contribution < 1.29 is 9.90 Å². The van der Waals surface area contributed by atoms with Crippen molar-refractivity contribution in [2.24, 2.45) is 7.05 Å². The predicted molar refractivity (Wildman–Crippen MR) is 143 cm³/mol. The van der Waals surface area contributed by atoms with E-state index in [1.807, 2.05) is 36.5 Å². The Morgan fingerprint density at radius 3 is 2.61 bits per heavy atom. The van der Waals surface area contributed by atoms with E-state index in [4.69, 9.17) is 4.98 Å². The molecule has 7 heteroatoms. The van der Waals surface area contributed by atoms with Crippen molar-refractivity contribution in [1.82, 2.24) is 19.4 Å². The summed E-state index contributed by atoms with van der Waals surface area (Å²) in [7, 11) is 1.77. The van der Waals surface area contributed by atoms with E-state index in [9.17, 15) is 9.90 Å². The van der Waals surface area contributed by atoms with Gasteiger partial charge in [-0.1, -0.05) is 18.2 Å². The molecular formula is C29H27N5O2. The molecule has 5 aromatic rings. The third-order valence-corrected chi connectivity index (χ3v) is 7.01. The lowest BCUT2D eigenvalue weighted by molar-refractivity contribution is 0.0687. The number of likely N-dealkylation sites (tertiary alicyclic amines) is 1. The molecule has 0 spiro atoms. The van der Waals surface area contributed by atoms with Gasteiger partial charge in [0.2, 0.25) is 0 Å². The van der Waals surface area contributed by atoms with Crippen molar-refractivity contribution in [2.45, 2.75) is 19.4 Å². The van der Waals surface area contributed by atoms with E-state index in [1.54, 1.807) is 23.9 Å². The zero-order valence-corrected chi connectivity index (χ0v) is 20.1. The Morgan fingerprint density at radius 2 is 1.83 bits per heavy atom. The Balaban J connectivity index is 1.35. The van der Waals surface area contributed by atoms with Gasteiger partial charge in [0.1, 0.15) is 5.69 Å². The van der Waals surface area contributed by atoms with Gasteiger partial charge in [-0.15, -0.1) is 0 Å². The van der Waals surface area contributed by atoms with Gasteiger partial charge >= 0.3 is 5.97 Å². The molecule has 1 aliphatic rings. The summed E-state index contributed by atoms with van der Waals surface area (Å²) in [6.07, 6.45) is 6.16. The Labute approximate surface area is 209 Å². The molecular weight excluding hydrogens is 450 g/mol. The molecule has 0 saturated carbocycles. The topological polar surface area (TPSA) is 83.3 Å². The van der Waals surface area contributed by atoms with E-state index < -0.39 is 5.97 Å². The number of hydrogen-bond acceptors (Lipinski definition) is 5. The quantitative estimate of drug-likeness (QED) is 0.320. The van der Waals surface area contributed by atoms with Gasteiger partial charge in [0.25, 0.3) is 0 Å². The monoisotopic (exact) mass is 477 g/mol. The summed E-state index contributed by atoms with van der Waals surface area (Å²) in [5, 5.41) is 14.9. The van der Waals surface area contributed by atoms with Crippen molar-refractivity contribution in [2.75, 3.05) is 18.4 Å². The first-order valence-corrected chi connectivity index (χ1v) is 12.2. The number of hydrogen-bond donors (Lipinski definition) is 2. The zero-order chi connectivity index (χ0) is 24.6. The van der Waals surface area contributed by atoms with Crippen LogP contribution in [0.3, 0.4) is 0 Å². The van der Waals surface area contributed by atoms with Gasteiger partial charge in [-0.05, 0) is 74.0 Å². The fourth-order valence-electron chi connectivity index (χ4n) is 5.08. The van der Waals surface area contributed by atoms with Crippen LogP contribution in [0.5, 0.6) is 0 Å². The third kappa shape index (κ3) is 4.18. The molecule has 4 heterocycles. The number of carbonyl (C=O) groups is 1. The maximum Gasteiger partial charge on any atom is 0.352 e. The number of carboxylic acids is 1. The predicted octanol–water partition coefficient (Wildman–Crippen LogP) is 5.83. The first-order valence-electron chi connectivity index (χ1n) is 12.2. The second-order valence-electron chi connectivity index (χ2n) is 9.42. The fourth-order valence-corrected chi connectivity index (χ4v) is 5.08. The second-order valence-corrected chi connectivity index (χ2v) is 9.42. The molecule has 0 unspecified atom stereocenters. The minimum atomic E-state index is -0.940. The van der Waals surface area contributed by atoms with Crippen molar-refractivity contribution in [3.8, 4) is 11.3 Å². The number of fused-ring (bicyclic) bond motifs is 2. The van der Waals surface area contributed by atoms with Crippen LogP contribution in [0.25, 0.3) is 33.1 Å². The lowest BCUT2D eigenvalue weighted by atomic mass is 10.1. The summed E-state index contributed by atoms with van der Waals surface area (Å²) >= 11 is 0. The normalized spacial score (nSPS) is 14.0. The van der Waals surface area contributed by atoms with Crippen LogP contribution in [0.2, 0.25) is 0 Å². The molecule has 2 aromatic carbocycles. The van der Waals surface area contributed by atoms with E-state index >= 15 is 0 Å². The number of carboxylic acid groups (broad SMARTS) is 1. The molecule has 1 aliphatic heterocycles. The van der Waals surface area contributed by atoms with E-state index in [2.05, 4.69) is 39.5 Å². The summed E-state index contributed by atoms with van der Waals surface area (Å²) in [5.41, 5.74) is 6.96. The standard InChI is InChI=1S/C29H27N5O2/c1-33-27-9-6-20(14-21(27)15-28(33)29(35)36)25-16-26(23-17-30-11-10-24(23)32-25)31-22-7-4-19(5-8-22)18-34-12-2-3-13-34/h4-11,14-17H,2-3,12-13,18H2,1H3,(H,31,32)(H,35,36). The lowest BCUT2D eigenvalue weighted by Crippen LogP contribution is -2.18. The van der Waals surface area contributed by atoms with Crippen LogP contribution in [0, 0.1) is 0 Å². The second kappa shape index (κ2) is 9.09. The van der Waals surface area contributed by atoms with Gasteiger partial charge in [0.05, 0.1) is 16.9 Å². The Hall–Kier alpha value is -4.23. The number of rotatable bonds is 6. The van der Waals surface area contributed by atoms with Crippen molar-refractivity contribution in [3.63, 3.8) is 0 Å². The number of benzene rings is 2. The first kappa shape index (κ1) is 22.2. The van der Waals surface area contributed by atoms with Crippen LogP contribution in [0.15, 0.2) is 73.1 Å². The number of aromatic carboxylic acids is 1. The van der Waals surface area contributed by atoms with Crippen LogP contribution in [0.4, 0.5) is 11.4 Å². The van der Waals surface area contributed by atoms with Crippen LogP contribution in [-0.2, 0) is 13.6 Å². The lowest BCUT2D eigenvalue weighted by Gasteiger charge is -2.15. The molecule has 0 amide bonds. The molecule has 36 heavy (non-hydrogen) atoms. The Kier molecular flexibility index (Phi) is 5.62. The molecule has 0 radical (unpaired) electrons. The third-order valence-electron chi connectivity index (χ3n) is 7.01. The number of pyridine rings is 2. The summed E-state index contributed by atoms with van der Waals surface area (Å²) in [6.45, 7) is 3.37. The highest BCUT2D eigenvalue weighted by Crippen LogP contribution is 2.32. The molecule has 180 valence electrons. The van der Waals surface area contributed by atoms with Gasteiger partial charge in [-0.2, -0.15) is 0 Å². The molecule has 6 rings (SSSR count). The number of aromatic nitrogens is 3. The Morgan fingerprint density at radius 1 is 1.03 bits per heavy atom. The van der Waals surface area contributed by atoms with E-state index in [0.717, 1.165) is 51.0 Å². The zero-order valence-electron chi connectivity index (χ0n) is 20.1. The van der Waals surface area contributed by atoms with Crippen LogP contribution in [0.1, 0.15) is 28.9 Å². The minimum Gasteiger partial charge on any atom is -0.477 e. The molecule has 0 aliphatic carbocycles. The maximum absolute atomic E-state index is 11.6. The summed E-state index contributed by atoms with van der Waals surface area (Å²) in [5.74, 6) is -0.940. The molecule has 1 fully saturated rings. The number of nitrogens with one attached hydrogen (secondary N) is 1. The van der Waals surface area contributed by atoms with Gasteiger partial charge in [0.15, 0.2) is 0 Å². The van der Waals surface area contributed by atoms with Crippen molar-refractivity contribution >= 4 is 39.1 Å². The number of nitrogens with zero attached hydrogens (tertiary/aromatic N) is 4. The molecule has 2 N–H and O–H groups in total. The molecule has 1 saturated heterocycles. The van der Waals surface area contributed by atoms with E-state index in [-0.39, 0.29) is 5.69 Å². The highest BCUT2D eigenvalue weighted by atomic mass is 16.4. The van der Waals surface area contributed by atoms with Crippen molar-refractivity contribution in [3.05, 3.63) is 84.3 Å². The fraction of sp³-hybridized carbons (Fsp3) is 0.207. The van der Waals surface area contributed by atoms with Gasteiger partial charge in [0, 0.05) is 53.5 Å². The molecule has 3 aromatic heterocycles. The molecule has 0 atom stereocenters. The average Bonchev–Trinajstić information content (AvgIpc) is 3.52. The smallest absolute Gasteiger partial charge is 0.352 e. The van der Waals surface area contributed by atoms with Crippen LogP contribution in [-0.4, -0.2) is 43.6 Å². The largest absolute Gasteiger partial charge is 0.477 e. The summed E-state index contributed by atoms with van der Waals surface area (Å²) in [6, 6.07) is 20.2. The molecule has 7 nitrogen and oxygen atoms in total. The highest BCUT2D eigenvalue weighted by molar-refractivity contribution is 5.98. The maximum atomic E-state index is 11.6. The van der Waals surface area contributed by atoms with Gasteiger partial charge in [-0.3, -0.25) is 9.88 Å². The molecule has 0 bridgehead atoms.